The molecular formula is C14H20Cl2F2N2O. The molecule has 1 aromatic carbocycles. The lowest BCUT2D eigenvalue weighted by molar-refractivity contribution is -0.0508. The van der Waals surface area contributed by atoms with Gasteiger partial charge in [-0.25, -0.2) is 0 Å². The van der Waals surface area contributed by atoms with Crippen molar-refractivity contribution in [2.45, 2.75) is 32.0 Å². The van der Waals surface area contributed by atoms with Crippen molar-refractivity contribution in [2.24, 2.45) is 0 Å². The number of ether oxygens (including phenoxy) is 1. The summed E-state index contributed by atoms with van der Waals surface area (Å²) in [6.45, 7) is -0.391. The van der Waals surface area contributed by atoms with E-state index in [-0.39, 0.29) is 18.2 Å². The number of nitrogens with zero attached hydrogens (tertiary/aromatic N) is 1. The Morgan fingerprint density at radius 1 is 1.48 bits per heavy atom. The number of benzene rings is 1. The smallest absolute Gasteiger partial charge is 0.387 e. The molecule has 1 aliphatic heterocycles. The number of hydrogen-bond acceptors (Lipinski definition) is 3. The zero-order valence-electron chi connectivity index (χ0n) is 11.8. The Hall–Kier alpha value is -0.620. The van der Waals surface area contributed by atoms with E-state index in [4.69, 9.17) is 11.6 Å². The summed E-state index contributed by atoms with van der Waals surface area (Å²) in [6, 6.07) is 5.21. The topological polar surface area (TPSA) is 24.5 Å². The summed E-state index contributed by atoms with van der Waals surface area (Å²) >= 11 is 5.95. The number of rotatable bonds is 5. The maximum Gasteiger partial charge on any atom is 0.387 e. The maximum absolute atomic E-state index is 12.4. The zero-order chi connectivity index (χ0) is 14.5. The minimum Gasteiger partial charge on any atom is -0.434 e. The van der Waals surface area contributed by atoms with Crippen molar-refractivity contribution in [2.75, 3.05) is 20.1 Å². The summed E-state index contributed by atoms with van der Waals surface area (Å²) in [6.07, 6.45) is 2.24. The highest BCUT2D eigenvalue weighted by Crippen LogP contribution is 2.26. The van der Waals surface area contributed by atoms with Gasteiger partial charge in [0, 0.05) is 29.7 Å². The average molecular weight is 341 g/mol. The summed E-state index contributed by atoms with van der Waals surface area (Å²) in [5, 5.41) is 3.79. The Bertz CT molecular complexity index is 449. The fraction of sp³-hybridized carbons (Fsp3) is 0.571. The van der Waals surface area contributed by atoms with Gasteiger partial charge in [-0.3, -0.25) is 4.90 Å². The monoisotopic (exact) mass is 340 g/mol. The number of likely N-dealkylation sites (N-methyl/N-ethyl adjacent to an activating group) is 1. The number of nitrogens with one attached hydrogen (secondary N) is 1. The van der Waals surface area contributed by atoms with Gasteiger partial charge in [-0.2, -0.15) is 8.78 Å². The first kappa shape index (κ1) is 18.4. The first-order chi connectivity index (χ1) is 9.58. The van der Waals surface area contributed by atoms with Crippen LogP contribution in [-0.4, -0.2) is 37.7 Å². The summed E-state index contributed by atoms with van der Waals surface area (Å²) in [4.78, 5) is 2.23. The lowest BCUT2D eigenvalue weighted by Crippen LogP contribution is -2.43. The van der Waals surface area contributed by atoms with Crippen LogP contribution in [0.4, 0.5) is 8.78 Å². The van der Waals surface area contributed by atoms with E-state index < -0.39 is 6.61 Å². The molecule has 0 radical (unpaired) electrons. The standard InChI is InChI=1S/C14H19ClF2N2O.ClH/c1-18-12-3-2-6-19(9-12)8-10-7-11(15)4-5-13(10)20-14(16)17;/h4-5,7,12,14,18H,2-3,6,8-9H2,1H3;1H. The number of piperidine rings is 1. The van der Waals surface area contributed by atoms with Gasteiger partial charge >= 0.3 is 6.61 Å². The van der Waals surface area contributed by atoms with Gasteiger partial charge in [0.25, 0.3) is 0 Å². The number of hydrogen-bond donors (Lipinski definition) is 1. The fourth-order valence-electron chi connectivity index (χ4n) is 2.56. The van der Waals surface area contributed by atoms with Gasteiger partial charge < -0.3 is 10.1 Å². The third-order valence-corrected chi connectivity index (χ3v) is 3.78. The lowest BCUT2D eigenvalue weighted by Gasteiger charge is -2.32. The summed E-state index contributed by atoms with van der Waals surface area (Å²) in [7, 11) is 1.94. The largest absolute Gasteiger partial charge is 0.434 e. The van der Waals surface area contributed by atoms with E-state index >= 15 is 0 Å². The number of alkyl halides is 2. The van der Waals surface area contributed by atoms with Gasteiger partial charge in [-0.1, -0.05) is 11.6 Å². The molecule has 0 saturated carbocycles. The van der Waals surface area contributed by atoms with Gasteiger partial charge in [0.2, 0.25) is 0 Å². The average Bonchev–Trinajstić information content (AvgIpc) is 2.42. The normalized spacial score (nSPS) is 19.4. The van der Waals surface area contributed by atoms with Crippen LogP contribution in [0.25, 0.3) is 0 Å². The van der Waals surface area contributed by atoms with Gasteiger partial charge in [0.1, 0.15) is 5.75 Å². The maximum atomic E-state index is 12.4. The SMILES string of the molecule is CNC1CCCN(Cc2cc(Cl)ccc2OC(F)F)C1.Cl. The molecule has 1 fully saturated rings. The molecule has 1 heterocycles. The van der Waals surface area contributed by atoms with Crippen LogP contribution in [0.2, 0.25) is 5.02 Å². The molecule has 0 spiro atoms. The van der Waals surface area contributed by atoms with Crippen LogP contribution in [0.5, 0.6) is 5.75 Å². The second-order valence-electron chi connectivity index (χ2n) is 4.99. The highest BCUT2D eigenvalue weighted by atomic mass is 35.5. The molecule has 0 aromatic heterocycles. The van der Waals surface area contributed by atoms with Crippen LogP contribution in [0.3, 0.4) is 0 Å². The van der Waals surface area contributed by atoms with E-state index in [0.29, 0.717) is 23.2 Å². The van der Waals surface area contributed by atoms with Gasteiger partial charge in [-0.15, -0.1) is 12.4 Å². The molecule has 1 N–H and O–H groups in total. The van der Waals surface area contributed by atoms with Crippen LogP contribution in [0.15, 0.2) is 18.2 Å². The third-order valence-electron chi connectivity index (χ3n) is 3.55. The molecule has 1 aliphatic rings. The van der Waals surface area contributed by atoms with E-state index in [1.165, 1.54) is 6.07 Å². The molecule has 0 bridgehead atoms. The quantitative estimate of drug-likeness (QED) is 0.887. The molecule has 3 nitrogen and oxygen atoms in total. The first-order valence-electron chi connectivity index (χ1n) is 6.71. The van der Waals surface area contributed by atoms with Crippen molar-refractivity contribution < 1.29 is 13.5 Å². The van der Waals surface area contributed by atoms with E-state index in [9.17, 15) is 8.78 Å². The van der Waals surface area contributed by atoms with E-state index in [0.717, 1.165) is 25.9 Å². The second-order valence-corrected chi connectivity index (χ2v) is 5.43. The Balaban J connectivity index is 0.00000220. The molecule has 0 aliphatic carbocycles. The minimum absolute atomic E-state index is 0. The zero-order valence-corrected chi connectivity index (χ0v) is 13.4. The van der Waals surface area contributed by atoms with Crippen molar-refractivity contribution in [3.05, 3.63) is 28.8 Å². The van der Waals surface area contributed by atoms with E-state index in [1.54, 1.807) is 12.1 Å². The molecular weight excluding hydrogens is 321 g/mol. The Morgan fingerprint density at radius 2 is 2.24 bits per heavy atom. The van der Waals surface area contributed by atoms with Crippen molar-refractivity contribution in [3.8, 4) is 5.75 Å². The Morgan fingerprint density at radius 3 is 2.90 bits per heavy atom. The van der Waals surface area contributed by atoms with Crippen LogP contribution in [-0.2, 0) is 6.54 Å². The molecule has 0 amide bonds. The molecule has 1 unspecified atom stereocenters. The second kappa shape index (κ2) is 8.73. The highest BCUT2D eigenvalue weighted by Gasteiger charge is 2.20. The van der Waals surface area contributed by atoms with Crippen molar-refractivity contribution >= 4 is 24.0 Å². The van der Waals surface area contributed by atoms with E-state index in [1.807, 2.05) is 7.05 Å². The summed E-state index contributed by atoms with van der Waals surface area (Å²) < 4.78 is 29.4. The predicted octanol–water partition coefficient (Wildman–Crippen LogP) is 3.55. The van der Waals surface area contributed by atoms with Gasteiger partial charge in [-0.05, 0) is 44.6 Å². The molecule has 1 saturated heterocycles. The van der Waals surface area contributed by atoms with Crippen LogP contribution in [0, 0.1) is 0 Å². The third kappa shape index (κ3) is 5.58. The Kier molecular flexibility index (Phi) is 7.66. The molecule has 21 heavy (non-hydrogen) atoms. The van der Waals surface area contributed by atoms with Gasteiger partial charge in [0.15, 0.2) is 0 Å². The number of halogens is 4. The van der Waals surface area contributed by atoms with Crippen LogP contribution >= 0.6 is 24.0 Å². The van der Waals surface area contributed by atoms with Crippen LogP contribution in [0.1, 0.15) is 18.4 Å². The summed E-state index contributed by atoms with van der Waals surface area (Å²) in [5.74, 6) is 0.205. The predicted molar refractivity (Wildman–Crippen MR) is 82.7 cm³/mol. The first-order valence-corrected chi connectivity index (χ1v) is 7.09. The van der Waals surface area contributed by atoms with Crippen molar-refractivity contribution in [1.29, 1.82) is 0 Å². The molecule has 1 aromatic rings. The lowest BCUT2D eigenvalue weighted by atomic mass is 10.0. The minimum atomic E-state index is -2.82. The van der Waals surface area contributed by atoms with Crippen molar-refractivity contribution in [3.63, 3.8) is 0 Å². The molecule has 2 rings (SSSR count). The fourth-order valence-corrected chi connectivity index (χ4v) is 2.75. The highest BCUT2D eigenvalue weighted by molar-refractivity contribution is 6.30. The van der Waals surface area contributed by atoms with Gasteiger partial charge in [0.05, 0.1) is 0 Å². The molecule has 1 atom stereocenters. The molecule has 7 heteroatoms. The van der Waals surface area contributed by atoms with Crippen molar-refractivity contribution in [1.82, 2.24) is 10.2 Å². The molecule has 120 valence electrons. The summed E-state index contributed by atoms with van der Waals surface area (Å²) in [5.41, 5.74) is 0.703. The van der Waals surface area contributed by atoms with E-state index in [2.05, 4.69) is 15.0 Å². The Labute approximate surface area is 135 Å². The number of likely N-dealkylation sites (tertiary alicyclic amines) is 1. The van der Waals surface area contributed by atoms with Crippen LogP contribution < -0.4 is 10.1 Å².